The van der Waals surface area contributed by atoms with Gasteiger partial charge in [-0.2, -0.15) is 0 Å². The van der Waals surface area contributed by atoms with E-state index in [0.717, 1.165) is 25.6 Å². The van der Waals surface area contributed by atoms with E-state index in [2.05, 4.69) is 78.1 Å². The minimum absolute atomic E-state index is 0.000388. The molecule has 0 unspecified atom stereocenters. The lowest BCUT2D eigenvalue weighted by atomic mass is 9.81. The number of aliphatic hydroxyl groups is 2. The molecule has 4 rings (SSSR count). The molecule has 4 aromatic rings. The minimum Gasteiger partial charge on any atom is -0.412 e. The highest BCUT2D eigenvalue weighted by molar-refractivity contribution is 9.10. The molecule has 8 nitrogen and oxygen atoms in total. The Kier molecular flexibility index (Phi) is 20.2. The normalized spacial score (nSPS) is 13.6. The van der Waals surface area contributed by atoms with Gasteiger partial charge in [-0.15, -0.1) is 0 Å². The molecule has 3 atom stereocenters. The van der Waals surface area contributed by atoms with Gasteiger partial charge in [0.25, 0.3) is 0 Å². The Morgan fingerprint density at radius 1 is 0.667 bits per heavy atom. The van der Waals surface area contributed by atoms with Gasteiger partial charge in [0, 0.05) is 27.4 Å². The van der Waals surface area contributed by atoms with E-state index in [-0.39, 0.29) is 48.1 Å². The minimum atomic E-state index is -1.61. The molecule has 0 saturated heterocycles. The Bertz CT molecular complexity index is 1830. The highest BCUT2D eigenvalue weighted by atomic mass is 79.9. The van der Waals surface area contributed by atoms with Crippen LogP contribution in [0.2, 0.25) is 19.6 Å². The number of benzene rings is 4. The largest absolute Gasteiger partial charge is 0.412 e. The maximum atomic E-state index is 12.6. The molecular formula is C45H59Br3N2O6Si. The van der Waals surface area contributed by atoms with Crippen molar-refractivity contribution in [2.75, 3.05) is 5.33 Å². The number of hydrogen-bond donors (Lipinski definition) is 4. The molecular weight excluding hydrogens is 932 g/mol. The lowest BCUT2D eigenvalue weighted by Gasteiger charge is -2.34. The van der Waals surface area contributed by atoms with Crippen molar-refractivity contribution >= 4 is 73.7 Å². The van der Waals surface area contributed by atoms with Crippen molar-refractivity contribution in [3.63, 3.8) is 0 Å². The van der Waals surface area contributed by atoms with E-state index in [9.17, 15) is 24.6 Å². The molecule has 12 heteroatoms. The quantitative estimate of drug-likeness (QED) is 0.0534. The van der Waals surface area contributed by atoms with Gasteiger partial charge in [0.2, 0.25) is 11.8 Å². The second-order valence-electron chi connectivity index (χ2n) is 16.3. The lowest BCUT2D eigenvalue weighted by Crippen LogP contribution is -2.40. The summed E-state index contributed by atoms with van der Waals surface area (Å²) in [6.07, 6.45) is 0.368. The summed E-state index contributed by atoms with van der Waals surface area (Å²) in [6, 6.07) is 33.9. The number of halogens is 3. The number of carbonyl (C=O) groups is 3. The fourth-order valence-corrected chi connectivity index (χ4v) is 8.64. The maximum absolute atomic E-state index is 12.6. The molecule has 0 fully saturated rings. The molecule has 2 amide bonds. The summed E-state index contributed by atoms with van der Waals surface area (Å²) >= 11 is 9.87. The summed E-state index contributed by atoms with van der Waals surface area (Å²) in [5.41, 5.74) is 0.533. The highest BCUT2D eigenvalue weighted by Crippen LogP contribution is 2.34. The van der Waals surface area contributed by atoms with E-state index in [4.69, 9.17) is 4.43 Å². The number of rotatable bonds is 15. The molecule has 0 heterocycles. The number of Topliss-reactive ketones (excluding diaryl/α,β-unsaturated/α-hetero) is 1. The monoisotopic (exact) mass is 988 g/mol. The van der Waals surface area contributed by atoms with Crippen LogP contribution in [0.5, 0.6) is 0 Å². The number of amides is 2. The molecule has 4 aromatic carbocycles. The predicted octanol–water partition coefficient (Wildman–Crippen LogP) is 11.0. The molecule has 0 radical (unpaired) electrons. The zero-order valence-corrected chi connectivity index (χ0v) is 40.3. The van der Waals surface area contributed by atoms with E-state index in [1.807, 2.05) is 125 Å². The van der Waals surface area contributed by atoms with E-state index in [1.165, 1.54) is 0 Å². The first kappa shape index (κ1) is 50.2. The average molecular weight is 992 g/mol. The van der Waals surface area contributed by atoms with Crippen LogP contribution < -0.4 is 10.6 Å². The molecule has 0 aliphatic heterocycles. The van der Waals surface area contributed by atoms with Crippen LogP contribution in [0.25, 0.3) is 0 Å². The summed E-state index contributed by atoms with van der Waals surface area (Å²) in [5.74, 6) is -0.120. The van der Waals surface area contributed by atoms with Crippen LogP contribution in [0.3, 0.4) is 0 Å². The zero-order chi connectivity index (χ0) is 43.0. The predicted molar refractivity (Wildman–Crippen MR) is 245 cm³/mol. The first-order chi connectivity index (χ1) is 26.4. The molecule has 0 aromatic heterocycles. The van der Waals surface area contributed by atoms with Crippen molar-refractivity contribution in [2.45, 2.75) is 109 Å². The molecule has 310 valence electrons. The van der Waals surface area contributed by atoms with Crippen molar-refractivity contribution < 1.29 is 29.0 Å². The van der Waals surface area contributed by atoms with E-state index >= 15 is 0 Å². The molecule has 57 heavy (non-hydrogen) atoms. The van der Waals surface area contributed by atoms with Crippen molar-refractivity contribution in [2.24, 2.45) is 0 Å². The van der Waals surface area contributed by atoms with Crippen LogP contribution in [-0.2, 0) is 19.6 Å². The van der Waals surface area contributed by atoms with Crippen molar-refractivity contribution in [3.8, 4) is 0 Å². The zero-order valence-electron chi connectivity index (χ0n) is 34.5. The van der Waals surface area contributed by atoms with Crippen LogP contribution in [-0.4, -0.2) is 52.7 Å². The summed E-state index contributed by atoms with van der Waals surface area (Å²) in [5, 5.41) is 27.5. The van der Waals surface area contributed by atoms with Gasteiger partial charge in [0.05, 0.1) is 35.0 Å². The standard InChI is InChI=1S/C21H26BrNO3.C14H22O2Si.C10H11Br2NO/c1-15(16-9-11-18(22)12-10-16)23-19(24)13-21(26,14-20(2,3)25)17-7-5-4-6-8-17;1-14(2,16-17(3,4)5)11-13(15)12-9-7-6-8-10-12;1-7(13-10(14)6-11)8-2-4-9(12)5-3-8/h4-12,15,25-26H,13-14H2,1-3H3,(H,23,24);6-10H,11H2,1-5H3;2-5,7H,6H2,1H3,(H,13,14)/t15-,21-;;7-/m0.0/s1. The number of hydrogen-bond acceptors (Lipinski definition) is 6. The number of alkyl halides is 1. The summed E-state index contributed by atoms with van der Waals surface area (Å²) in [7, 11) is -1.61. The van der Waals surface area contributed by atoms with E-state index in [1.54, 1.807) is 26.0 Å². The Balaban J connectivity index is 0.000000313. The summed E-state index contributed by atoms with van der Waals surface area (Å²) in [4.78, 5) is 35.8. The third-order valence-corrected chi connectivity index (χ3v) is 11.1. The Morgan fingerprint density at radius 2 is 1.09 bits per heavy atom. The third-order valence-electron chi connectivity index (χ3n) is 8.37. The van der Waals surface area contributed by atoms with Gasteiger partial charge in [-0.05, 0) is 102 Å². The van der Waals surface area contributed by atoms with Crippen LogP contribution in [0.15, 0.2) is 118 Å². The first-order valence-corrected chi connectivity index (χ1v) is 25.0. The van der Waals surface area contributed by atoms with Crippen LogP contribution in [0, 0.1) is 0 Å². The van der Waals surface area contributed by atoms with Gasteiger partial charge in [0.15, 0.2) is 14.1 Å². The Morgan fingerprint density at radius 3 is 1.49 bits per heavy atom. The second kappa shape index (κ2) is 23.0. The smallest absolute Gasteiger partial charge is 0.231 e. The molecule has 0 aliphatic carbocycles. The Labute approximate surface area is 366 Å². The van der Waals surface area contributed by atoms with Crippen LogP contribution in [0.1, 0.15) is 99.9 Å². The fourth-order valence-electron chi connectivity index (χ4n) is 6.22. The summed E-state index contributed by atoms with van der Waals surface area (Å²) in [6.45, 7) is 17.5. The SMILES string of the molecule is CC(C)(CC(=O)c1ccccc1)O[Si](C)(C)C.C[C@H](NC(=O)CBr)c1ccc(Br)cc1.C[C@H](NC(=O)C[C@](O)(CC(C)(C)O)c1ccccc1)c1ccc(Br)cc1. The van der Waals surface area contributed by atoms with Crippen molar-refractivity contribution in [1.82, 2.24) is 10.6 Å². The second-order valence-corrected chi connectivity index (χ2v) is 23.1. The van der Waals surface area contributed by atoms with E-state index < -0.39 is 19.5 Å². The van der Waals surface area contributed by atoms with Gasteiger partial charge < -0.3 is 25.3 Å². The average Bonchev–Trinajstić information content (AvgIpc) is 3.11. The Hall–Kier alpha value is -2.97. The number of carbonyl (C=O) groups excluding carboxylic acids is 3. The lowest BCUT2D eigenvalue weighted by molar-refractivity contribution is -0.130. The van der Waals surface area contributed by atoms with Crippen molar-refractivity contribution in [3.05, 3.63) is 140 Å². The molecule has 0 bridgehead atoms. The molecule has 0 spiro atoms. The van der Waals surface area contributed by atoms with Crippen LogP contribution >= 0.6 is 47.8 Å². The molecule has 4 N–H and O–H groups in total. The topological polar surface area (TPSA) is 125 Å². The van der Waals surface area contributed by atoms with Gasteiger partial charge in [-0.25, -0.2) is 0 Å². The first-order valence-electron chi connectivity index (χ1n) is 18.9. The summed E-state index contributed by atoms with van der Waals surface area (Å²) < 4.78 is 8.05. The molecule has 0 saturated carbocycles. The number of nitrogens with one attached hydrogen (secondary N) is 2. The van der Waals surface area contributed by atoms with Gasteiger partial charge in [-0.3, -0.25) is 14.4 Å². The molecule has 0 aliphatic rings. The van der Waals surface area contributed by atoms with Crippen LogP contribution in [0.4, 0.5) is 0 Å². The van der Waals surface area contributed by atoms with Crippen molar-refractivity contribution in [1.29, 1.82) is 0 Å². The number of ketones is 1. The van der Waals surface area contributed by atoms with Gasteiger partial charge >= 0.3 is 0 Å². The van der Waals surface area contributed by atoms with Gasteiger partial charge in [-0.1, -0.05) is 133 Å². The fraction of sp³-hybridized carbons (Fsp3) is 0.400. The van der Waals surface area contributed by atoms with E-state index in [0.29, 0.717) is 17.3 Å². The third kappa shape index (κ3) is 20.0. The maximum Gasteiger partial charge on any atom is 0.231 e. The van der Waals surface area contributed by atoms with Gasteiger partial charge in [0.1, 0.15) is 5.60 Å². The highest BCUT2D eigenvalue weighted by Gasteiger charge is 2.37.